The van der Waals surface area contributed by atoms with Gasteiger partial charge in [-0.15, -0.1) is 11.8 Å². The van der Waals surface area contributed by atoms with E-state index in [1.54, 1.807) is 0 Å². The van der Waals surface area contributed by atoms with E-state index >= 15 is 0 Å². The van der Waals surface area contributed by atoms with Crippen LogP contribution in [0.2, 0.25) is 0 Å². The molecule has 0 bridgehead atoms. The van der Waals surface area contributed by atoms with Crippen LogP contribution in [0.1, 0.15) is 0 Å². The Labute approximate surface area is 123 Å². The van der Waals surface area contributed by atoms with Gasteiger partial charge in [0.15, 0.2) is 0 Å². The van der Waals surface area contributed by atoms with Crippen LogP contribution in [0.25, 0.3) is 0 Å². The summed E-state index contributed by atoms with van der Waals surface area (Å²) in [5.74, 6) is 0.0360. The standard InChI is InChI=1S/C11H13BrN4O2S/c12-7-1-3-8(4-2-7)14-10(18)6-19-11-15-9(17)5-13-16-11/h1-4,11,13,16H,5-6H2,(H,14,18)(H,15,17). The van der Waals surface area contributed by atoms with Gasteiger partial charge in [0.2, 0.25) is 11.8 Å². The Morgan fingerprint density at radius 1 is 1.42 bits per heavy atom. The number of hydrogen-bond donors (Lipinski definition) is 4. The maximum atomic E-state index is 11.7. The minimum Gasteiger partial charge on any atom is -0.330 e. The van der Waals surface area contributed by atoms with Crippen LogP contribution in [0.3, 0.4) is 0 Å². The second kappa shape index (κ2) is 6.90. The number of benzene rings is 1. The number of carbonyl (C=O) groups is 2. The van der Waals surface area contributed by atoms with Crippen LogP contribution in [-0.2, 0) is 9.59 Å². The van der Waals surface area contributed by atoms with Gasteiger partial charge in [-0.05, 0) is 24.3 Å². The molecule has 0 aromatic heterocycles. The molecule has 2 rings (SSSR count). The zero-order valence-corrected chi connectivity index (χ0v) is 12.3. The highest BCUT2D eigenvalue weighted by molar-refractivity contribution is 9.10. The largest absolute Gasteiger partial charge is 0.330 e. The highest BCUT2D eigenvalue weighted by Crippen LogP contribution is 2.15. The van der Waals surface area contributed by atoms with Crippen LogP contribution in [0, 0.1) is 0 Å². The second-order valence-corrected chi connectivity index (χ2v) is 5.82. The topological polar surface area (TPSA) is 82.3 Å². The lowest BCUT2D eigenvalue weighted by molar-refractivity contribution is -0.122. The van der Waals surface area contributed by atoms with E-state index in [1.807, 2.05) is 24.3 Å². The van der Waals surface area contributed by atoms with Crippen molar-refractivity contribution in [3.63, 3.8) is 0 Å². The lowest BCUT2D eigenvalue weighted by Crippen LogP contribution is -2.58. The van der Waals surface area contributed by atoms with Gasteiger partial charge in [0, 0.05) is 10.2 Å². The van der Waals surface area contributed by atoms with Gasteiger partial charge in [-0.3, -0.25) is 9.59 Å². The van der Waals surface area contributed by atoms with Gasteiger partial charge in [0.05, 0.1) is 12.3 Å². The predicted molar refractivity (Wildman–Crippen MR) is 78.3 cm³/mol. The Hall–Kier alpha value is -1.09. The number of nitrogens with one attached hydrogen (secondary N) is 4. The zero-order chi connectivity index (χ0) is 13.7. The lowest BCUT2D eigenvalue weighted by atomic mass is 10.3. The number of anilines is 1. The van der Waals surface area contributed by atoms with Crippen molar-refractivity contribution in [1.82, 2.24) is 16.2 Å². The molecule has 1 aliphatic heterocycles. The van der Waals surface area contributed by atoms with Crippen molar-refractivity contribution in [2.24, 2.45) is 0 Å². The molecule has 1 fully saturated rings. The van der Waals surface area contributed by atoms with E-state index in [2.05, 4.69) is 37.4 Å². The van der Waals surface area contributed by atoms with Crippen LogP contribution >= 0.6 is 27.7 Å². The smallest absolute Gasteiger partial charge is 0.237 e. The van der Waals surface area contributed by atoms with Crippen molar-refractivity contribution in [3.8, 4) is 0 Å². The molecule has 1 atom stereocenters. The third-order valence-corrected chi connectivity index (χ3v) is 3.81. The van der Waals surface area contributed by atoms with E-state index < -0.39 is 0 Å². The molecule has 0 radical (unpaired) electrons. The molecule has 1 aliphatic rings. The minimum absolute atomic E-state index is 0.0930. The SMILES string of the molecule is O=C(CSC1NNCC(=O)N1)Nc1ccc(Br)cc1. The summed E-state index contributed by atoms with van der Waals surface area (Å²) in [7, 11) is 0. The van der Waals surface area contributed by atoms with Crippen molar-refractivity contribution < 1.29 is 9.59 Å². The third kappa shape index (κ3) is 4.83. The van der Waals surface area contributed by atoms with Gasteiger partial charge in [0.25, 0.3) is 0 Å². The Morgan fingerprint density at radius 3 is 2.84 bits per heavy atom. The molecule has 6 nitrogen and oxygen atoms in total. The van der Waals surface area contributed by atoms with Crippen molar-refractivity contribution in [3.05, 3.63) is 28.7 Å². The van der Waals surface area contributed by atoms with Crippen LogP contribution in [0.5, 0.6) is 0 Å². The minimum atomic E-state index is -0.295. The maximum absolute atomic E-state index is 11.7. The normalized spacial score (nSPS) is 18.8. The molecule has 1 unspecified atom stereocenters. The van der Waals surface area contributed by atoms with Crippen LogP contribution in [0.4, 0.5) is 5.69 Å². The van der Waals surface area contributed by atoms with Gasteiger partial charge in [0.1, 0.15) is 5.50 Å². The van der Waals surface area contributed by atoms with Gasteiger partial charge >= 0.3 is 0 Å². The highest BCUT2D eigenvalue weighted by Gasteiger charge is 2.18. The Balaban J connectivity index is 1.75. The van der Waals surface area contributed by atoms with E-state index in [0.29, 0.717) is 0 Å². The molecule has 1 aromatic carbocycles. The summed E-state index contributed by atoms with van der Waals surface area (Å²) in [6.07, 6.45) is 0. The quantitative estimate of drug-likeness (QED) is 0.644. The molecular weight excluding hydrogens is 332 g/mol. The molecule has 1 saturated heterocycles. The summed E-state index contributed by atoms with van der Waals surface area (Å²) >= 11 is 4.63. The van der Waals surface area contributed by atoms with Crippen LogP contribution in [-0.4, -0.2) is 29.6 Å². The average molecular weight is 345 g/mol. The second-order valence-electron chi connectivity index (χ2n) is 3.81. The fraction of sp³-hybridized carbons (Fsp3) is 0.273. The molecule has 102 valence electrons. The van der Waals surface area contributed by atoms with Gasteiger partial charge < -0.3 is 10.6 Å². The molecule has 19 heavy (non-hydrogen) atoms. The molecule has 0 aliphatic carbocycles. The molecule has 0 saturated carbocycles. The number of amides is 2. The first-order valence-electron chi connectivity index (χ1n) is 5.58. The highest BCUT2D eigenvalue weighted by atomic mass is 79.9. The first-order chi connectivity index (χ1) is 9.13. The average Bonchev–Trinajstić information content (AvgIpc) is 2.39. The van der Waals surface area contributed by atoms with E-state index in [-0.39, 0.29) is 29.6 Å². The summed E-state index contributed by atoms with van der Waals surface area (Å²) in [6, 6.07) is 7.34. The first-order valence-corrected chi connectivity index (χ1v) is 7.42. The first kappa shape index (κ1) is 14.3. The van der Waals surface area contributed by atoms with Crippen molar-refractivity contribution in [2.75, 3.05) is 17.6 Å². The number of halogens is 1. The molecule has 2 amide bonds. The Kier molecular flexibility index (Phi) is 5.20. The zero-order valence-electron chi connectivity index (χ0n) is 9.90. The number of hydrogen-bond acceptors (Lipinski definition) is 5. The fourth-order valence-electron chi connectivity index (χ4n) is 1.43. The summed E-state index contributed by atoms with van der Waals surface area (Å²) in [5.41, 5.74) is 6.06. The summed E-state index contributed by atoms with van der Waals surface area (Å²) in [5, 5.41) is 5.49. The molecule has 8 heteroatoms. The van der Waals surface area contributed by atoms with Crippen molar-refractivity contribution >= 4 is 45.2 Å². The molecule has 1 aromatic rings. The fourth-order valence-corrected chi connectivity index (χ4v) is 2.47. The van der Waals surface area contributed by atoms with E-state index in [9.17, 15) is 9.59 Å². The van der Waals surface area contributed by atoms with Crippen molar-refractivity contribution in [2.45, 2.75) is 5.50 Å². The van der Waals surface area contributed by atoms with Gasteiger partial charge in [-0.2, -0.15) is 0 Å². The summed E-state index contributed by atoms with van der Waals surface area (Å²) in [4.78, 5) is 22.8. The van der Waals surface area contributed by atoms with Crippen molar-refractivity contribution in [1.29, 1.82) is 0 Å². The van der Waals surface area contributed by atoms with Crippen LogP contribution in [0.15, 0.2) is 28.7 Å². The maximum Gasteiger partial charge on any atom is 0.237 e. The summed E-state index contributed by atoms with van der Waals surface area (Å²) in [6.45, 7) is 0.238. The van der Waals surface area contributed by atoms with E-state index in [4.69, 9.17) is 0 Å². The Morgan fingerprint density at radius 2 is 2.16 bits per heavy atom. The third-order valence-electron chi connectivity index (χ3n) is 2.28. The van der Waals surface area contributed by atoms with E-state index in [0.717, 1.165) is 10.2 Å². The molecule has 4 N–H and O–H groups in total. The lowest BCUT2D eigenvalue weighted by Gasteiger charge is -2.24. The number of thioether (sulfide) groups is 1. The Bertz CT molecular complexity index is 468. The monoisotopic (exact) mass is 344 g/mol. The van der Waals surface area contributed by atoms with E-state index in [1.165, 1.54) is 11.8 Å². The number of rotatable bonds is 4. The molecular formula is C11H13BrN4O2S. The molecule has 1 heterocycles. The summed E-state index contributed by atoms with van der Waals surface area (Å²) < 4.78 is 0.958. The number of hydrazine groups is 1. The number of carbonyl (C=O) groups excluding carboxylic acids is 2. The van der Waals surface area contributed by atoms with Gasteiger partial charge in [-0.25, -0.2) is 10.9 Å². The van der Waals surface area contributed by atoms with Gasteiger partial charge in [-0.1, -0.05) is 15.9 Å². The predicted octanol–water partition coefficient (Wildman–Crippen LogP) is 0.628. The molecule has 0 spiro atoms. The van der Waals surface area contributed by atoms with Crippen LogP contribution < -0.4 is 21.5 Å².